The van der Waals surface area contributed by atoms with Crippen molar-refractivity contribution in [1.82, 2.24) is 9.78 Å². The van der Waals surface area contributed by atoms with E-state index in [0.29, 0.717) is 10.7 Å². The molecule has 0 aliphatic carbocycles. The summed E-state index contributed by atoms with van der Waals surface area (Å²) >= 11 is 9.45. The van der Waals surface area contributed by atoms with E-state index >= 15 is 0 Å². The standard InChI is InChI=1S/C22H15BrClN5O2/c23-17-6-4-15(5-7-17)22-16(13-25-26-19-3-1-2-18(24)12-19)14-28(27-22)20-8-10-21(11-9-20)29(30)31/h1-14,26H/b25-13+. The van der Waals surface area contributed by atoms with Crippen LogP contribution >= 0.6 is 27.5 Å². The Bertz CT molecular complexity index is 1250. The second kappa shape index (κ2) is 9.11. The van der Waals surface area contributed by atoms with Crippen LogP contribution in [0.15, 0.2) is 88.6 Å². The number of hydrazone groups is 1. The summed E-state index contributed by atoms with van der Waals surface area (Å²) in [4.78, 5) is 10.5. The minimum Gasteiger partial charge on any atom is -0.278 e. The number of nitrogens with zero attached hydrogens (tertiary/aromatic N) is 4. The van der Waals surface area contributed by atoms with Crippen molar-refractivity contribution < 1.29 is 4.92 Å². The number of benzene rings is 3. The molecule has 0 aliphatic rings. The highest BCUT2D eigenvalue weighted by molar-refractivity contribution is 9.10. The zero-order valence-electron chi connectivity index (χ0n) is 15.9. The molecule has 0 spiro atoms. The first-order valence-electron chi connectivity index (χ1n) is 9.15. The number of anilines is 1. The van der Waals surface area contributed by atoms with Crippen molar-refractivity contribution in [2.75, 3.05) is 5.43 Å². The van der Waals surface area contributed by atoms with Gasteiger partial charge in [-0.1, -0.05) is 45.7 Å². The Hall–Kier alpha value is -3.49. The summed E-state index contributed by atoms with van der Waals surface area (Å²) in [6, 6.07) is 21.2. The summed E-state index contributed by atoms with van der Waals surface area (Å²) < 4.78 is 2.63. The van der Waals surface area contributed by atoms with Gasteiger partial charge in [-0.3, -0.25) is 15.5 Å². The Morgan fingerprint density at radius 3 is 2.52 bits per heavy atom. The van der Waals surface area contributed by atoms with Crippen LogP contribution in [0.5, 0.6) is 0 Å². The number of nitro benzene ring substituents is 1. The zero-order chi connectivity index (χ0) is 21.8. The molecule has 0 fully saturated rings. The lowest BCUT2D eigenvalue weighted by molar-refractivity contribution is -0.384. The van der Waals surface area contributed by atoms with E-state index in [1.165, 1.54) is 12.1 Å². The Labute approximate surface area is 191 Å². The molecule has 0 bridgehead atoms. The third-order valence-corrected chi connectivity index (χ3v) is 5.17. The summed E-state index contributed by atoms with van der Waals surface area (Å²) in [5, 5.41) is 20.5. The molecule has 0 atom stereocenters. The molecule has 0 saturated carbocycles. The van der Waals surface area contributed by atoms with Crippen molar-refractivity contribution in [3.63, 3.8) is 0 Å². The quantitative estimate of drug-likeness (QED) is 0.193. The summed E-state index contributed by atoms with van der Waals surface area (Å²) in [5.74, 6) is 0. The molecular formula is C22H15BrClN5O2. The van der Waals surface area contributed by atoms with Crippen LogP contribution in [-0.2, 0) is 0 Å². The molecule has 0 saturated heterocycles. The van der Waals surface area contributed by atoms with Crippen LogP contribution in [0.1, 0.15) is 5.56 Å². The number of non-ortho nitro benzene ring substituents is 1. The van der Waals surface area contributed by atoms with Crippen LogP contribution in [0.4, 0.5) is 11.4 Å². The van der Waals surface area contributed by atoms with Gasteiger partial charge < -0.3 is 0 Å². The number of halogens is 2. The van der Waals surface area contributed by atoms with E-state index in [9.17, 15) is 10.1 Å². The highest BCUT2D eigenvalue weighted by atomic mass is 79.9. The SMILES string of the molecule is O=[N+]([O-])c1ccc(-n2cc(/C=N/Nc3cccc(Cl)c3)c(-c3ccc(Br)cc3)n2)cc1. The predicted molar refractivity (Wildman–Crippen MR) is 126 cm³/mol. The van der Waals surface area contributed by atoms with Gasteiger partial charge in [-0.15, -0.1) is 0 Å². The van der Waals surface area contributed by atoms with Gasteiger partial charge in [-0.05, 0) is 42.5 Å². The summed E-state index contributed by atoms with van der Waals surface area (Å²) in [7, 11) is 0. The van der Waals surface area contributed by atoms with Crippen LogP contribution < -0.4 is 5.43 Å². The fourth-order valence-corrected chi connectivity index (χ4v) is 3.36. The number of rotatable bonds is 6. The van der Waals surface area contributed by atoms with Gasteiger partial charge in [0.2, 0.25) is 0 Å². The van der Waals surface area contributed by atoms with Crippen molar-refractivity contribution >= 4 is 45.1 Å². The highest BCUT2D eigenvalue weighted by Gasteiger charge is 2.12. The molecule has 0 radical (unpaired) electrons. The number of nitrogens with one attached hydrogen (secondary N) is 1. The molecule has 7 nitrogen and oxygen atoms in total. The third-order valence-electron chi connectivity index (χ3n) is 4.41. The molecular weight excluding hydrogens is 482 g/mol. The van der Waals surface area contributed by atoms with Crippen LogP contribution in [-0.4, -0.2) is 20.9 Å². The first-order chi connectivity index (χ1) is 15.0. The van der Waals surface area contributed by atoms with Crippen LogP contribution in [0.2, 0.25) is 5.02 Å². The molecule has 154 valence electrons. The average molecular weight is 497 g/mol. The van der Waals surface area contributed by atoms with Crippen LogP contribution in [0.3, 0.4) is 0 Å². The van der Waals surface area contributed by atoms with Crippen molar-refractivity contribution in [1.29, 1.82) is 0 Å². The molecule has 4 rings (SSSR count). The van der Waals surface area contributed by atoms with Gasteiger partial charge in [0.1, 0.15) is 5.69 Å². The summed E-state index contributed by atoms with van der Waals surface area (Å²) in [6.45, 7) is 0. The Balaban J connectivity index is 1.68. The molecule has 1 aromatic heterocycles. The molecule has 0 amide bonds. The van der Waals surface area contributed by atoms with E-state index in [-0.39, 0.29) is 5.69 Å². The summed E-state index contributed by atoms with van der Waals surface area (Å²) in [5.41, 5.74) is 6.85. The van der Waals surface area contributed by atoms with E-state index in [0.717, 1.165) is 27.0 Å². The largest absolute Gasteiger partial charge is 0.278 e. The van der Waals surface area contributed by atoms with Gasteiger partial charge >= 0.3 is 0 Å². The van der Waals surface area contributed by atoms with E-state index in [4.69, 9.17) is 11.6 Å². The van der Waals surface area contributed by atoms with E-state index in [1.54, 1.807) is 35.2 Å². The van der Waals surface area contributed by atoms with Crippen LogP contribution in [0, 0.1) is 10.1 Å². The van der Waals surface area contributed by atoms with Crippen molar-refractivity contribution in [3.8, 4) is 16.9 Å². The molecule has 4 aromatic rings. The monoisotopic (exact) mass is 495 g/mol. The van der Waals surface area contributed by atoms with E-state index in [1.807, 2.05) is 42.6 Å². The van der Waals surface area contributed by atoms with Crippen molar-refractivity contribution in [2.45, 2.75) is 0 Å². The van der Waals surface area contributed by atoms with Gasteiger partial charge in [0.25, 0.3) is 5.69 Å². The van der Waals surface area contributed by atoms with E-state index < -0.39 is 4.92 Å². The second-order valence-corrected chi connectivity index (χ2v) is 7.89. The maximum absolute atomic E-state index is 10.9. The fraction of sp³-hybridized carbons (Fsp3) is 0. The Morgan fingerprint density at radius 1 is 1.10 bits per heavy atom. The third kappa shape index (κ3) is 4.99. The maximum atomic E-state index is 10.9. The first-order valence-corrected chi connectivity index (χ1v) is 10.3. The molecule has 3 aromatic carbocycles. The Morgan fingerprint density at radius 2 is 1.84 bits per heavy atom. The predicted octanol–water partition coefficient (Wildman–Crippen LogP) is 6.31. The second-order valence-electron chi connectivity index (χ2n) is 6.54. The van der Waals surface area contributed by atoms with Crippen molar-refractivity contribution in [3.05, 3.63) is 104 Å². The zero-order valence-corrected chi connectivity index (χ0v) is 18.3. The molecule has 1 heterocycles. The van der Waals surface area contributed by atoms with Crippen molar-refractivity contribution in [2.24, 2.45) is 5.10 Å². The van der Waals surface area contributed by atoms with Crippen LogP contribution in [0.25, 0.3) is 16.9 Å². The first kappa shape index (κ1) is 20.8. The lowest BCUT2D eigenvalue weighted by Crippen LogP contribution is -1.95. The molecule has 0 unspecified atom stereocenters. The average Bonchev–Trinajstić information content (AvgIpc) is 3.18. The number of nitro groups is 1. The van der Waals surface area contributed by atoms with E-state index in [2.05, 4.69) is 31.6 Å². The molecule has 1 N–H and O–H groups in total. The van der Waals surface area contributed by atoms with Gasteiger partial charge in [0.05, 0.1) is 22.5 Å². The number of aromatic nitrogens is 2. The van der Waals surface area contributed by atoms with Gasteiger partial charge in [0.15, 0.2) is 0 Å². The molecule has 0 aliphatic heterocycles. The van der Waals surface area contributed by atoms with Gasteiger partial charge in [-0.2, -0.15) is 10.2 Å². The summed E-state index contributed by atoms with van der Waals surface area (Å²) in [6.07, 6.45) is 3.49. The maximum Gasteiger partial charge on any atom is 0.269 e. The normalized spacial score (nSPS) is 11.0. The topological polar surface area (TPSA) is 85.3 Å². The van der Waals surface area contributed by atoms with Gasteiger partial charge in [-0.25, -0.2) is 4.68 Å². The molecule has 9 heteroatoms. The number of hydrogen-bond donors (Lipinski definition) is 1. The van der Waals surface area contributed by atoms with Gasteiger partial charge in [0, 0.05) is 39.0 Å². The Kier molecular flexibility index (Phi) is 6.11. The lowest BCUT2D eigenvalue weighted by Gasteiger charge is -2.01. The fourth-order valence-electron chi connectivity index (χ4n) is 2.91. The lowest BCUT2D eigenvalue weighted by atomic mass is 10.1. The smallest absolute Gasteiger partial charge is 0.269 e. The molecule has 31 heavy (non-hydrogen) atoms. The minimum absolute atomic E-state index is 0.0246. The minimum atomic E-state index is -0.431. The number of hydrogen-bond acceptors (Lipinski definition) is 5. The highest BCUT2D eigenvalue weighted by Crippen LogP contribution is 2.25.